The Morgan fingerprint density at radius 3 is 2.84 bits per heavy atom. The second kappa shape index (κ2) is 8.27. The van der Waals surface area contributed by atoms with Crippen molar-refractivity contribution < 1.29 is 13.5 Å². The maximum absolute atomic E-state index is 14.6. The van der Waals surface area contributed by atoms with Crippen LogP contribution in [0.15, 0.2) is 48.6 Å². The number of nitriles is 1. The van der Waals surface area contributed by atoms with Crippen LogP contribution in [0.4, 0.5) is 26.2 Å². The van der Waals surface area contributed by atoms with Crippen LogP contribution in [0.2, 0.25) is 0 Å². The SMILES string of the molecule is N#Cc1ccc2cc1OC/C=C/CNc1nc(nc3c1CCC3c1ccc(F)cc1F)N2. The largest absolute Gasteiger partial charge is 0.488 e. The number of nitrogens with one attached hydrogen (secondary N) is 2. The van der Waals surface area contributed by atoms with Crippen molar-refractivity contribution in [1.29, 1.82) is 5.26 Å². The molecule has 8 heteroatoms. The van der Waals surface area contributed by atoms with Crippen LogP contribution in [0.3, 0.4) is 0 Å². The van der Waals surface area contributed by atoms with Gasteiger partial charge >= 0.3 is 0 Å². The molecule has 0 spiro atoms. The summed E-state index contributed by atoms with van der Waals surface area (Å²) >= 11 is 0. The predicted molar refractivity (Wildman–Crippen MR) is 116 cm³/mol. The molecule has 1 aliphatic heterocycles. The second-order valence-electron chi connectivity index (χ2n) is 7.63. The van der Waals surface area contributed by atoms with E-state index >= 15 is 0 Å². The number of hydrogen-bond acceptors (Lipinski definition) is 6. The molecule has 2 heterocycles. The van der Waals surface area contributed by atoms with Gasteiger partial charge in [-0.15, -0.1) is 0 Å². The van der Waals surface area contributed by atoms with Crippen molar-refractivity contribution in [1.82, 2.24) is 9.97 Å². The van der Waals surface area contributed by atoms with Crippen molar-refractivity contribution in [3.05, 3.63) is 82.6 Å². The van der Waals surface area contributed by atoms with Crippen molar-refractivity contribution in [3.63, 3.8) is 0 Å². The zero-order chi connectivity index (χ0) is 22.1. The first-order valence-corrected chi connectivity index (χ1v) is 10.3. The molecule has 1 aliphatic carbocycles. The summed E-state index contributed by atoms with van der Waals surface area (Å²) in [6.07, 6.45) is 5.13. The van der Waals surface area contributed by atoms with Crippen molar-refractivity contribution in [2.75, 3.05) is 23.8 Å². The molecule has 0 saturated heterocycles. The standard InChI is InChI=1S/C24H19F2N5O/c25-15-4-6-17(20(26)11-15)18-7-8-19-22(18)30-24-29-16-5-3-14(13-27)21(12-16)32-10-2-1-9-28-23(19)31-24/h1-6,11-12,18H,7-10H2,(H2,28,29,30,31)/b2-1+. The van der Waals surface area contributed by atoms with E-state index in [1.165, 1.54) is 12.1 Å². The second-order valence-corrected chi connectivity index (χ2v) is 7.63. The summed E-state index contributed by atoms with van der Waals surface area (Å²) in [6.45, 7) is 0.845. The lowest BCUT2D eigenvalue weighted by Crippen LogP contribution is -2.10. The zero-order valence-corrected chi connectivity index (χ0v) is 17.0. The lowest BCUT2D eigenvalue weighted by atomic mass is 9.96. The van der Waals surface area contributed by atoms with E-state index in [0.29, 0.717) is 60.3 Å². The first kappa shape index (κ1) is 19.9. The van der Waals surface area contributed by atoms with Crippen LogP contribution in [0, 0.1) is 23.0 Å². The molecule has 2 aliphatic rings. The van der Waals surface area contributed by atoms with Crippen LogP contribution in [0.1, 0.15) is 34.7 Å². The number of halogens is 2. The number of rotatable bonds is 1. The smallest absolute Gasteiger partial charge is 0.229 e. The fourth-order valence-electron chi connectivity index (χ4n) is 4.14. The molecule has 1 unspecified atom stereocenters. The summed E-state index contributed by atoms with van der Waals surface area (Å²) in [7, 11) is 0. The van der Waals surface area contributed by atoms with Crippen LogP contribution in [0.25, 0.3) is 0 Å². The Morgan fingerprint density at radius 2 is 2.00 bits per heavy atom. The highest BCUT2D eigenvalue weighted by Gasteiger charge is 2.31. The van der Waals surface area contributed by atoms with Gasteiger partial charge in [-0.25, -0.2) is 13.8 Å². The molecule has 4 bridgehead atoms. The molecule has 1 aromatic heterocycles. The number of aromatic nitrogens is 2. The fraction of sp³-hybridized carbons (Fsp3) is 0.208. The van der Waals surface area contributed by atoms with Crippen LogP contribution in [-0.4, -0.2) is 23.1 Å². The average molecular weight is 431 g/mol. The van der Waals surface area contributed by atoms with Gasteiger partial charge in [0, 0.05) is 35.8 Å². The number of hydrogen-bond donors (Lipinski definition) is 2. The minimum Gasteiger partial charge on any atom is -0.488 e. The molecule has 0 amide bonds. The third-order valence-corrected chi connectivity index (χ3v) is 5.64. The molecule has 1 atom stereocenters. The third-order valence-electron chi connectivity index (χ3n) is 5.64. The molecule has 2 aromatic carbocycles. The summed E-state index contributed by atoms with van der Waals surface area (Å²) < 4.78 is 33.7. The Hall–Kier alpha value is -3.99. The van der Waals surface area contributed by atoms with Gasteiger partial charge in [0.15, 0.2) is 0 Å². The van der Waals surface area contributed by atoms with E-state index in [1.54, 1.807) is 18.2 Å². The van der Waals surface area contributed by atoms with Gasteiger partial charge in [0.05, 0.1) is 11.3 Å². The van der Waals surface area contributed by atoms with Crippen LogP contribution in [0.5, 0.6) is 5.75 Å². The molecule has 5 rings (SSSR count). The van der Waals surface area contributed by atoms with Gasteiger partial charge in [0.1, 0.15) is 35.9 Å². The summed E-state index contributed by atoms with van der Waals surface area (Å²) in [4.78, 5) is 9.35. The Kier molecular flexibility index (Phi) is 5.15. The number of nitrogens with zero attached hydrogens (tertiary/aromatic N) is 3. The molecule has 0 saturated carbocycles. The molecule has 160 valence electrons. The topological polar surface area (TPSA) is 82.9 Å². The van der Waals surface area contributed by atoms with Gasteiger partial charge in [0.25, 0.3) is 0 Å². The number of benzene rings is 2. The predicted octanol–water partition coefficient (Wildman–Crippen LogP) is 4.81. The summed E-state index contributed by atoms with van der Waals surface area (Å²) in [5.74, 6) is 0.0183. The van der Waals surface area contributed by atoms with E-state index in [0.717, 1.165) is 17.3 Å². The first-order valence-electron chi connectivity index (χ1n) is 10.3. The minimum absolute atomic E-state index is 0.291. The van der Waals surface area contributed by atoms with Crippen molar-refractivity contribution in [2.24, 2.45) is 0 Å². The Labute approximate surface area is 183 Å². The third kappa shape index (κ3) is 3.73. The molecule has 0 radical (unpaired) electrons. The van der Waals surface area contributed by atoms with Crippen LogP contribution >= 0.6 is 0 Å². The van der Waals surface area contributed by atoms with Gasteiger partial charge in [0.2, 0.25) is 5.95 Å². The van der Waals surface area contributed by atoms with E-state index in [1.807, 2.05) is 12.2 Å². The normalized spacial score (nSPS) is 17.8. The summed E-state index contributed by atoms with van der Waals surface area (Å²) in [5, 5.41) is 15.8. The van der Waals surface area contributed by atoms with E-state index in [9.17, 15) is 14.0 Å². The van der Waals surface area contributed by atoms with Gasteiger partial charge in [-0.2, -0.15) is 10.2 Å². The van der Waals surface area contributed by atoms with Gasteiger partial charge in [-0.1, -0.05) is 12.1 Å². The molecular weight excluding hydrogens is 412 g/mol. The van der Waals surface area contributed by atoms with E-state index in [4.69, 9.17) is 9.72 Å². The monoisotopic (exact) mass is 431 g/mol. The van der Waals surface area contributed by atoms with Crippen molar-refractivity contribution in [3.8, 4) is 11.8 Å². The van der Waals surface area contributed by atoms with Crippen LogP contribution in [-0.2, 0) is 6.42 Å². The van der Waals surface area contributed by atoms with Crippen molar-refractivity contribution in [2.45, 2.75) is 18.8 Å². The molecule has 3 aromatic rings. The number of fused-ring (bicyclic) bond motifs is 6. The maximum Gasteiger partial charge on any atom is 0.229 e. The minimum atomic E-state index is -0.604. The Bertz CT molecular complexity index is 1270. The zero-order valence-electron chi connectivity index (χ0n) is 17.0. The van der Waals surface area contributed by atoms with E-state index in [-0.39, 0.29) is 5.92 Å². The number of ether oxygens (including phenoxy) is 1. The van der Waals surface area contributed by atoms with Gasteiger partial charge < -0.3 is 15.4 Å². The van der Waals surface area contributed by atoms with Gasteiger partial charge in [-0.3, -0.25) is 0 Å². The average Bonchev–Trinajstić information content (AvgIpc) is 3.20. The quantitative estimate of drug-likeness (QED) is 0.538. The molecular formula is C24H19F2N5O. The molecule has 2 N–H and O–H groups in total. The highest BCUT2D eigenvalue weighted by molar-refractivity contribution is 5.63. The van der Waals surface area contributed by atoms with Crippen LogP contribution < -0.4 is 15.4 Å². The first-order chi connectivity index (χ1) is 15.6. The Balaban J connectivity index is 1.59. The van der Waals surface area contributed by atoms with Crippen molar-refractivity contribution >= 4 is 17.5 Å². The highest BCUT2D eigenvalue weighted by Crippen LogP contribution is 2.41. The lowest BCUT2D eigenvalue weighted by Gasteiger charge is -2.16. The molecule has 0 fully saturated rings. The van der Waals surface area contributed by atoms with E-state index < -0.39 is 11.6 Å². The molecule has 6 nitrogen and oxygen atoms in total. The highest BCUT2D eigenvalue weighted by atomic mass is 19.1. The maximum atomic E-state index is 14.6. The summed E-state index contributed by atoms with van der Waals surface area (Å²) in [5.41, 5.74) is 3.17. The van der Waals surface area contributed by atoms with Gasteiger partial charge in [-0.05, 0) is 42.7 Å². The summed E-state index contributed by atoms with van der Waals surface area (Å²) in [6, 6.07) is 10.9. The molecule has 32 heavy (non-hydrogen) atoms. The number of anilines is 3. The van der Waals surface area contributed by atoms with E-state index in [2.05, 4.69) is 21.7 Å². The fourth-order valence-corrected chi connectivity index (χ4v) is 4.14. The Morgan fingerprint density at radius 1 is 1.09 bits per heavy atom. The lowest BCUT2D eigenvalue weighted by molar-refractivity contribution is 0.362.